The number of methoxy groups -OCH3 is 1. The van der Waals surface area contributed by atoms with Crippen LogP contribution in [0.2, 0.25) is 10.0 Å². The van der Waals surface area contributed by atoms with Crippen molar-refractivity contribution >= 4 is 29.0 Å². The zero-order valence-electron chi connectivity index (χ0n) is 11.4. The van der Waals surface area contributed by atoms with Crippen LogP contribution in [0.3, 0.4) is 0 Å². The maximum atomic E-state index is 12.6. The Morgan fingerprint density at radius 3 is 2.38 bits per heavy atom. The van der Waals surface area contributed by atoms with Crippen molar-refractivity contribution in [2.75, 3.05) is 20.3 Å². The predicted octanol–water partition coefficient (Wildman–Crippen LogP) is 4.25. The number of hydrogen-bond acceptors (Lipinski definition) is 3. The largest absolute Gasteiger partial charge is 0.490 e. The van der Waals surface area contributed by atoms with E-state index in [0.717, 1.165) is 0 Å². The van der Waals surface area contributed by atoms with Crippen LogP contribution in [0.4, 0.5) is 0 Å². The van der Waals surface area contributed by atoms with Crippen molar-refractivity contribution in [1.29, 1.82) is 0 Å². The summed E-state index contributed by atoms with van der Waals surface area (Å²) in [5.74, 6) is 0.322. The number of rotatable bonds is 6. The van der Waals surface area contributed by atoms with E-state index >= 15 is 0 Å². The lowest BCUT2D eigenvalue weighted by Gasteiger charge is -2.10. The third-order valence-corrected chi connectivity index (χ3v) is 3.24. The van der Waals surface area contributed by atoms with Gasteiger partial charge in [0.15, 0.2) is 5.78 Å². The molecule has 0 aliphatic carbocycles. The summed E-state index contributed by atoms with van der Waals surface area (Å²) in [6.45, 7) is 0.822. The topological polar surface area (TPSA) is 35.5 Å². The molecule has 2 aromatic rings. The van der Waals surface area contributed by atoms with Crippen molar-refractivity contribution in [2.24, 2.45) is 0 Å². The first-order valence-electron chi connectivity index (χ1n) is 6.33. The lowest BCUT2D eigenvalue weighted by Crippen LogP contribution is -2.09. The molecule has 0 saturated heterocycles. The van der Waals surface area contributed by atoms with Crippen LogP contribution in [0.5, 0.6) is 5.75 Å². The number of hydrogen-bond donors (Lipinski definition) is 0. The van der Waals surface area contributed by atoms with Crippen molar-refractivity contribution in [1.82, 2.24) is 0 Å². The van der Waals surface area contributed by atoms with Crippen molar-refractivity contribution in [3.05, 3.63) is 63.6 Å². The Morgan fingerprint density at radius 2 is 1.71 bits per heavy atom. The monoisotopic (exact) mass is 324 g/mol. The Hall–Kier alpha value is -1.55. The van der Waals surface area contributed by atoms with Crippen molar-refractivity contribution in [2.45, 2.75) is 0 Å². The highest BCUT2D eigenvalue weighted by Crippen LogP contribution is 2.25. The zero-order chi connectivity index (χ0) is 15.2. The summed E-state index contributed by atoms with van der Waals surface area (Å²) in [6, 6.07) is 11.8. The number of ketones is 1. The number of benzene rings is 2. The van der Waals surface area contributed by atoms with Gasteiger partial charge in [-0.2, -0.15) is 0 Å². The van der Waals surface area contributed by atoms with Gasteiger partial charge in [-0.15, -0.1) is 0 Å². The predicted molar refractivity (Wildman–Crippen MR) is 83.7 cm³/mol. The molecule has 0 spiro atoms. The smallest absolute Gasteiger partial charge is 0.196 e. The van der Waals surface area contributed by atoms with Crippen LogP contribution in [0.1, 0.15) is 15.9 Å². The van der Waals surface area contributed by atoms with E-state index < -0.39 is 0 Å². The standard InChI is InChI=1S/C16H14Cl2O3/c1-20-6-7-21-15-5-3-2-4-14(15)16(19)11-8-12(17)10-13(18)9-11/h2-5,8-10H,6-7H2,1H3. The number of halogens is 2. The first-order valence-corrected chi connectivity index (χ1v) is 7.09. The van der Waals surface area contributed by atoms with E-state index in [0.29, 0.717) is 40.1 Å². The van der Waals surface area contributed by atoms with Gasteiger partial charge in [0, 0.05) is 22.7 Å². The fourth-order valence-corrected chi connectivity index (χ4v) is 2.38. The van der Waals surface area contributed by atoms with Crippen LogP contribution in [-0.2, 0) is 4.74 Å². The molecule has 0 bridgehead atoms. The molecule has 0 atom stereocenters. The lowest BCUT2D eigenvalue weighted by atomic mass is 10.0. The van der Waals surface area contributed by atoms with Crippen molar-refractivity contribution in [3.8, 4) is 5.75 Å². The minimum absolute atomic E-state index is 0.188. The summed E-state index contributed by atoms with van der Waals surface area (Å²) >= 11 is 11.9. The van der Waals surface area contributed by atoms with E-state index in [1.165, 1.54) is 0 Å². The third-order valence-electron chi connectivity index (χ3n) is 2.80. The highest BCUT2D eigenvalue weighted by atomic mass is 35.5. The Kier molecular flexibility index (Phi) is 5.62. The van der Waals surface area contributed by atoms with Crippen LogP contribution in [0.25, 0.3) is 0 Å². The van der Waals surface area contributed by atoms with Gasteiger partial charge in [-0.1, -0.05) is 35.3 Å². The Bertz CT molecular complexity index is 621. The molecule has 2 aromatic carbocycles. The normalized spacial score (nSPS) is 10.4. The van der Waals surface area contributed by atoms with Crippen LogP contribution >= 0.6 is 23.2 Å². The van der Waals surface area contributed by atoms with E-state index in [-0.39, 0.29) is 5.78 Å². The second-order valence-corrected chi connectivity index (χ2v) is 5.20. The van der Waals surface area contributed by atoms with E-state index in [1.54, 1.807) is 43.5 Å². The quantitative estimate of drug-likeness (QED) is 0.588. The van der Waals surface area contributed by atoms with Gasteiger partial charge in [0.2, 0.25) is 0 Å². The highest BCUT2D eigenvalue weighted by Gasteiger charge is 2.15. The molecule has 21 heavy (non-hydrogen) atoms. The molecule has 0 saturated carbocycles. The summed E-state index contributed by atoms with van der Waals surface area (Å²) < 4.78 is 10.5. The first-order chi connectivity index (χ1) is 10.1. The molecule has 0 fully saturated rings. The van der Waals surface area contributed by atoms with Gasteiger partial charge in [0.05, 0.1) is 12.2 Å². The molecule has 0 radical (unpaired) electrons. The highest BCUT2D eigenvalue weighted by molar-refractivity contribution is 6.35. The van der Waals surface area contributed by atoms with Gasteiger partial charge < -0.3 is 9.47 Å². The van der Waals surface area contributed by atoms with Crippen LogP contribution in [0, 0.1) is 0 Å². The van der Waals surface area contributed by atoms with E-state index in [4.69, 9.17) is 32.7 Å². The first kappa shape index (κ1) is 15.8. The summed E-state index contributed by atoms with van der Waals surface area (Å²) in [6.07, 6.45) is 0. The molecule has 0 unspecified atom stereocenters. The molecular weight excluding hydrogens is 311 g/mol. The summed E-state index contributed by atoms with van der Waals surface area (Å²) in [4.78, 5) is 12.6. The molecule has 0 aliphatic rings. The van der Waals surface area contributed by atoms with Crippen molar-refractivity contribution in [3.63, 3.8) is 0 Å². The maximum Gasteiger partial charge on any atom is 0.196 e. The van der Waals surface area contributed by atoms with Crippen molar-refractivity contribution < 1.29 is 14.3 Å². The average Bonchev–Trinajstić information content (AvgIpc) is 2.46. The summed E-state index contributed by atoms with van der Waals surface area (Å²) in [7, 11) is 1.59. The van der Waals surface area contributed by atoms with Crippen LogP contribution in [0.15, 0.2) is 42.5 Å². The molecule has 0 amide bonds. The molecule has 2 rings (SSSR count). The zero-order valence-corrected chi connectivity index (χ0v) is 12.9. The van der Waals surface area contributed by atoms with Gasteiger partial charge in [0.25, 0.3) is 0 Å². The third kappa shape index (κ3) is 4.21. The van der Waals surface area contributed by atoms with E-state index in [1.807, 2.05) is 6.07 Å². The maximum absolute atomic E-state index is 12.6. The number of carbonyl (C=O) groups excluding carboxylic acids is 1. The molecule has 0 aliphatic heterocycles. The summed E-state index contributed by atoms with van der Waals surface area (Å²) in [5.41, 5.74) is 0.891. The van der Waals surface area contributed by atoms with Crippen LogP contribution in [-0.4, -0.2) is 26.1 Å². The lowest BCUT2D eigenvalue weighted by molar-refractivity contribution is 0.103. The number of para-hydroxylation sites is 1. The minimum Gasteiger partial charge on any atom is -0.490 e. The fraction of sp³-hybridized carbons (Fsp3) is 0.188. The van der Waals surface area contributed by atoms with Gasteiger partial charge in [-0.25, -0.2) is 0 Å². The van der Waals surface area contributed by atoms with E-state index in [2.05, 4.69) is 0 Å². The number of carbonyl (C=O) groups is 1. The molecule has 3 nitrogen and oxygen atoms in total. The molecule has 0 N–H and O–H groups in total. The average molecular weight is 325 g/mol. The van der Waals surface area contributed by atoms with Gasteiger partial charge in [-0.05, 0) is 30.3 Å². The number of ether oxygens (including phenoxy) is 2. The fourth-order valence-electron chi connectivity index (χ4n) is 1.86. The SMILES string of the molecule is COCCOc1ccccc1C(=O)c1cc(Cl)cc(Cl)c1. The van der Waals surface area contributed by atoms with E-state index in [9.17, 15) is 4.79 Å². The molecular formula is C16H14Cl2O3. The molecule has 5 heteroatoms. The second-order valence-electron chi connectivity index (χ2n) is 4.32. The molecule has 0 heterocycles. The molecule has 0 aromatic heterocycles. The van der Waals surface area contributed by atoms with Gasteiger partial charge >= 0.3 is 0 Å². The Morgan fingerprint density at radius 1 is 1.05 bits per heavy atom. The second kappa shape index (κ2) is 7.46. The minimum atomic E-state index is -0.188. The Balaban J connectivity index is 2.30. The molecule has 110 valence electrons. The van der Waals surface area contributed by atoms with Crippen LogP contribution < -0.4 is 4.74 Å². The van der Waals surface area contributed by atoms with Gasteiger partial charge in [0.1, 0.15) is 12.4 Å². The van der Waals surface area contributed by atoms with Gasteiger partial charge in [-0.3, -0.25) is 4.79 Å². The Labute approximate surface area is 133 Å². The summed E-state index contributed by atoms with van der Waals surface area (Å²) in [5, 5.41) is 0.840.